The van der Waals surface area contributed by atoms with E-state index in [0.717, 1.165) is 0 Å². The van der Waals surface area contributed by atoms with Crippen LogP contribution in [0.15, 0.2) is 18.2 Å². The van der Waals surface area contributed by atoms with Crippen LogP contribution in [0.4, 0.5) is 0 Å². The zero-order chi connectivity index (χ0) is 19.8. The summed E-state index contributed by atoms with van der Waals surface area (Å²) in [5.74, 6) is 0.238. The van der Waals surface area contributed by atoms with Gasteiger partial charge in [-0.15, -0.1) is 0 Å². The Morgan fingerprint density at radius 3 is 2.59 bits per heavy atom. The van der Waals surface area contributed by atoms with Crippen LogP contribution in [-0.2, 0) is 14.3 Å². The second-order valence-electron chi connectivity index (χ2n) is 6.14. The predicted octanol–water partition coefficient (Wildman–Crippen LogP) is -0.537. The maximum atomic E-state index is 12.2. The number of morpholine rings is 1. The number of hydrogen-bond donors (Lipinski definition) is 3. The smallest absolute Gasteiger partial charge is 0.260 e. The quantitative estimate of drug-likeness (QED) is 0.553. The van der Waals surface area contributed by atoms with E-state index in [-0.39, 0.29) is 25.0 Å². The van der Waals surface area contributed by atoms with Gasteiger partial charge in [0.2, 0.25) is 5.91 Å². The Morgan fingerprint density at radius 2 is 1.96 bits per heavy atom. The van der Waals surface area contributed by atoms with Gasteiger partial charge in [0.15, 0.2) is 18.1 Å². The highest BCUT2D eigenvalue weighted by atomic mass is 16.5. The molecule has 0 radical (unpaired) electrons. The summed E-state index contributed by atoms with van der Waals surface area (Å²) in [6.07, 6.45) is -2.39. The maximum absolute atomic E-state index is 12.2. The summed E-state index contributed by atoms with van der Waals surface area (Å²) < 4.78 is 16.0. The minimum Gasteiger partial charge on any atom is -0.493 e. The molecule has 1 saturated heterocycles. The van der Waals surface area contributed by atoms with Crippen LogP contribution in [0.1, 0.15) is 18.6 Å². The zero-order valence-corrected chi connectivity index (χ0v) is 15.5. The highest BCUT2D eigenvalue weighted by Gasteiger charge is 2.21. The highest BCUT2D eigenvalue weighted by molar-refractivity contribution is 5.78. The van der Waals surface area contributed by atoms with Gasteiger partial charge >= 0.3 is 0 Å². The number of carbonyl (C=O) groups is 2. The monoisotopic (exact) mass is 382 g/mol. The molecule has 27 heavy (non-hydrogen) atoms. The lowest BCUT2D eigenvalue weighted by atomic mass is 10.0. The van der Waals surface area contributed by atoms with Gasteiger partial charge in [-0.1, -0.05) is 6.07 Å². The molecule has 0 bridgehead atoms. The molecule has 2 rings (SSSR count). The highest BCUT2D eigenvalue weighted by Crippen LogP contribution is 2.31. The first-order chi connectivity index (χ1) is 12.9. The third kappa shape index (κ3) is 6.09. The number of nitrogens with one attached hydrogen (secondary N) is 1. The fourth-order valence-corrected chi connectivity index (χ4v) is 2.61. The molecular formula is C18H26N2O7. The van der Waals surface area contributed by atoms with Gasteiger partial charge in [0.1, 0.15) is 12.2 Å². The fourth-order valence-electron chi connectivity index (χ4n) is 2.61. The van der Waals surface area contributed by atoms with Gasteiger partial charge in [0.05, 0.1) is 20.3 Å². The number of carbonyl (C=O) groups excluding carboxylic acids is 2. The molecule has 2 unspecified atom stereocenters. The summed E-state index contributed by atoms with van der Waals surface area (Å²) in [5, 5.41) is 22.7. The molecule has 9 nitrogen and oxygen atoms in total. The van der Waals surface area contributed by atoms with Crippen LogP contribution in [-0.4, -0.2) is 79.6 Å². The molecule has 150 valence electrons. The fraction of sp³-hybridized carbons (Fsp3) is 0.556. The Labute approximate surface area is 157 Å². The topological polar surface area (TPSA) is 118 Å². The largest absolute Gasteiger partial charge is 0.493 e. The molecule has 1 aliphatic heterocycles. The molecule has 0 aliphatic carbocycles. The molecule has 9 heteroatoms. The van der Waals surface area contributed by atoms with Gasteiger partial charge in [-0.3, -0.25) is 9.59 Å². The Hall–Kier alpha value is -2.36. The first-order valence-electron chi connectivity index (χ1n) is 8.69. The summed E-state index contributed by atoms with van der Waals surface area (Å²) in [4.78, 5) is 24.7. The molecule has 0 aromatic heterocycles. The third-order valence-corrected chi connectivity index (χ3v) is 4.17. The van der Waals surface area contributed by atoms with Crippen molar-refractivity contribution in [3.05, 3.63) is 23.8 Å². The van der Waals surface area contributed by atoms with E-state index in [0.29, 0.717) is 43.4 Å². The van der Waals surface area contributed by atoms with Crippen molar-refractivity contribution in [2.45, 2.75) is 19.1 Å². The second kappa shape index (κ2) is 10.1. The van der Waals surface area contributed by atoms with E-state index < -0.39 is 12.2 Å². The normalized spacial score (nSPS) is 16.4. The molecule has 0 saturated carbocycles. The van der Waals surface area contributed by atoms with E-state index in [1.807, 2.05) is 0 Å². The summed E-state index contributed by atoms with van der Waals surface area (Å²) >= 11 is 0. The lowest BCUT2D eigenvalue weighted by Crippen LogP contribution is -2.43. The number of methoxy groups -OCH3 is 1. The summed E-state index contributed by atoms with van der Waals surface area (Å²) in [7, 11) is 1.44. The van der Waals surface area contributed by atoms with E-state index in [1.54, 1.807) is 17.0 Å². The molecule has 1 fully saturated rings. The van der Waals surface area contributed by atoms with Crippen molar-refractivity contribution < 1.29 is 34.0 Å². The first kappa shape index (κ1) is 20.9. The molecule has 2 atom stereocenters. The van der Waals surface area contributed by atoms with Gasteiger partial charge < -0.3 is 34.6 Å². The van der Waals surface area contributed by atoms with Gasteiger partial charge in [-0.05, 0) is 17.7 Å². The van der Waals surface area contributed by atoms with Crippen molar-refractivity contribution in [1.29, 1.82) is 0 Å². The van der Waals surface area contributed by atoms with Crippen LogP contribution in [0.3, 0.4) is 0 Å². The first-order valence-corrected chi connectivity index (χ1v) is 8.69. The Bertz CT molecular complexity index is 647. The molecule has 1 aromatic rings. The Balaban J connectivity index is 1.98. The molecule has 3 N–H and O–H groups in total. The minimum absolute atomic E-state index is 0.0783. The second-order valence-corrected chi connectivity index (χ2v) is 6.14. The molecule has 2 amide bonds. The summed E-state index contributed by atoms with van der Waals surface area (Å²) in [6, 6.07) is 4.66. The van der Waals surface area contributed by atoms with Crippen LogP contribution in [0.25, 0.3) is 0 Å². The molecule has 0 spiro atoms. The molecule has 1 aromatic carbocycles. The van der Waals surface area contributed by atoms with Crippen LogP contribution in [0.5, 0.6) is 11.5 Å². The molecule has 1 heterocycles. The molecular weight excluding hydrogens is 356 g/mol. The number of ether oxygens (including phenoxy) is 3. The van der Waals surface area contributed by atoms with Gasteiger partial charge in [0.25, 0.3) is 5.91 Å². The van der Waals surface area contributed by atoms with Crippen molar-refractivity contribution in [2.24, 2.45) is 0 Å². The Morgan fingerprint density at radius 1 is 1.26 bits per heavy atom. The van der Waals surface area contributed by atoms with Crippen LogP contribution in [0.2, 0.25) is 0 Å². The average molecular weight is 382 g/mol. The predicted molar refractivity (Wildman–Crippen MR) is 95.5 cm³/mol. The van der Waals surface area contributed by atoms with E-state index in [4.69, 9.17) is 14.2 Å². The van der Waals surface area contributed by atoms with Crippen molar-refractivity contribution in [3.63, 3.8) is 0 Å². The lowest BCUT2D eigenvalue weighted by Gasteiger charge is -2.26. The van der Waals surface area contributed by atoms with Crippen molar-refractivity contribution in [3.8, 4) is 11.5 Å². The summed E-state index contributed by atoms with van der Waals surface area (Å²) in [5.41, 5.74) is 0.400. The van der Waals surface area contributed by atoms with E-state index in [1.165, 1.54) is 20.1 Å². The number of benzene rings is 1. The van der Waals surface area contributed by atoms with Gasteiger partial charge in [0, 0.05) is 26.6 Å². The number of aliphatic hydroxyl groups is 2. The SMILES string of the molecule is COc1cc(C(O)C(O)CNC(C)=O)ccc1OCC(=O)N1CCOCC1. The average Bonchev–Trinajstić information content (AvgIpc) is 2.70. The van der Waals surface area contributed by atoms with E-state index >= 15 is 0 Å². The van der Waals surface area contributed by atoms with Gasteiger partial charge in [-0.25, -0.2) is 0 Å². The van der Waals surface area contributed by atoms with Crippen LogP contribution >= 0.6 is 0 Å². The van der Waals surface area contributed by atoms with E-state index in [9.17, 15) is 19.8 Å². The van der Waals surface area contributed by atoms with Crippen molar-refractivity contribution in [1.82, 2.24) is 10.2 Å². The third-order valence-electron chi connectivity index (χ3n) is 4.17. The zero-order valence-electron chi connectivity index (χ0n) is 15.5. The number of hydrogen-bond acceptors (Lipinski definition) is 7. The van der Waals surface area contributed by atoms with Gasteiger partial charge in [-0.2, -0.15) is 0 Å². The summed E-state index contributed by atoms with van der Waals surface area (Å²) in [6.45, 7) is 3.22. The van der Waals surface area contributed by atoms with Crippen molar-refractivity contribution in [2.75, 3.05) is 46.6 Å². The number of nitrogens with zero attached hydrogens (tertiary/aromatic N) is 1. The lowest BCUT2D eigenvalue weighted by molar-refractivity contribution is -0.137. The number of rotatable bonds is 8. The standard InChI is InChI=1S/C18H26N2O7/c1-12(21)19-10-14(22)18(24)13-3-4-15(16(9-13)25-2)27-11-17(23)20-5-7-26-8-6-20/h3-4,9,14,18,22,24H,5-8,10-11H2,1-2H3,(H,19,21). The number of amides is 2. The number of aliphatic hydroxyl groups excluding tert-OH is 2. The molecule has 1 aliphatic rings. The minimum atomic E-state index is -1.21. The van der Waals surface area contributed by atoms with E-state index in [2.05, 4.69) is 5.32 Å². The van der Waals surface area contributed by atoms with Crippen LogP contribution < -0.4 is 14.8 Å². The van der Waals surface area contributed by atoms with Crippen molar-refractivity contribution >= 4 is 11.8 Å². The maximum Gasteiger partial charge on any atom is 0.260 e. The Kier molecular flexibility index (Phi) is 7.83. The van der Waals surface area contributed by atoms with Crippen LogP contribution in [0, 0.1) is 0 Å².